The SMILES string of the molecule is CCCn1cncc2nc(C(C)C)nc1-2. The fraction of sp³-hybridized carbons (Fsp3) is 0.545. The Morgan fingerprint density at radius 1 is 1.33 bits per heavy atom. The molecule has 0 bridgehead atoms. The third-order valence-corrected chi connectivity index (χ3v) is 2.34. The molecule has 80 valence electrons. The summed E-state index contributed by atoms with van der Waals surface area (Å²) in [5.74, 6) is 2.23. The Bertz CT molecular complexity index is 419. The molecule has 2 heterocycles. The lowest BCUT2D eigenvalue weighted by Gasteiger charge is -2.06. The van der Waals surface area contributed by atoms with Crippen LogP contribution in [-0.4, -0.2) is 19.5 Å². The van der Waals surface area contributed by atoms with Crippen molar-refractivity contribution in [2.24, 2.45) is 0 Å². The van der Waals surface area contributed by atoms with E-state index in [1.807, 2.05) is 6.33 Å². The molecule has 0 aromatic rings. The molecule has 2 aliphatic rings. The first-order valence-electron chi connectivity index (χ1n) is 5.40. The second-order valence-corrected chi connectivity index (χ2v) is 4.03. The third-order valence-electron chi connectivity index (χ3n) is 2.34. The van der Waals surface area contributed by atoms with Gasteiger partial charge in [-0.05, 0) is 6.42 Å². The molecule has 0 unspecified atom stereocenters. The molecular formula is C11H16N4. The van der Waals surface area contributed by atoms with Gasteiger partial charge in [-0.15, -0.1) is 0 Å². The van der Waals surface area contributed by atoms with Crippen molar-refractivity contribution in [3.63, 3.8) is 0 Å². The van der Waals surface area contributed by atoms with Gasteiger partial charge in [-0.25, -0.2) is 15.0 Å². The smallest absolute Gasteiger partial charge is 0.163 e. The molecule has 0 aromatic carbocycles. The highest BCUT2D eigenvalue weighted by Gasteiger charge is 2.15. The van der Waals surface area contributed by atoms with Crippen LogP contribution in [0.5, 0.6) is 0 Å². The van der Waals surface area contributed by atoms with Crippen LogP contribution in [0.25, 0.3) is 11.5 Å². The fourth-order valence-corrected chi connectivity index (χ4v) is 1.56. The van der Waals surface area contributed by atoms with Crippen LogP contribution in [0.4, 0.5) is 0 Å². The summed E-state index contributed by atoms with van der Waals surface area (Å²) >= 11 is 0. The van der Waals surface area contributed by atoms with E-state index in [4.69, 9.17) is 0 Å². The first kappa shape index (κ1) is 10.1. The molecule has 0 aromatic heterocycles. The molecule has 4 heteroatoms. The van der Waals surface area contributed by atoms with Crippen LogP contribution in [0.3, 0.4) is 0 Å². The van der Waals surface area contributed by atoms with Crippen molar-refractivity contribution in [3.8, 4) is 11.5 Å². The monoisotopic (exact) mass is 204 g/mol. The first-order valence-corrected chi connectivity index (χ1v) is 5.40. The van der Waals surface area contributed by atoms with Gasteiger partial charge in [0.25, 0.3) is 0 Å². The minimum absolute atomic E-state index is 0.368. The van der Waals surface area contributed by atoms with Crippen molar-refractivity contribution in [3.05, 3.63) is 18.3 Å². The van der Waals surface area contributed by atoms with Gasteiger partial charge in [-0.3, -0.25) is 0 Å². The fourth-order valence-electron chi connectivity index (χ4n) is 1.56. The van der Waals surface area contributed by atoms with Crippen molar-refractivity contribution < 1.29 is 0 Å². The summed E-state index contributed by atoms with van der Waals surface area (Å²) in [5, 5.41) is 0. The van der Waals surface area contributed by atoms with Gasteiger partial charge in [0.1, 0.15) is 11.5 Å². The minimum atomic E-state index is 0.368. The van der Waals surface area contributed by atoms with Gasteiger partial charge in [0.05, 0.1) is 12.5 Å². The summed E-state index contributed by atoms with van der Waals surface area (Å²) in [5.41, 5.74) is 0.898. The van der Waals surface area contributed by atoms with E-state index in [0.29, 0.717) is 5.92 Å². The van der Waals surface area contributed by atoms with Gasteiger partial charge in [-0.2, -0.15) is 0 Å². The average molecular weight is 204 g/mol. The predicted molar refractivity (Wildman–Crippen MR) is 58.8 cm³/mol. The lowest BCUT2D eigenvalue weighted by atomic mass is 10.2. The average Bonchev–Trinajstić information content (AvgIpc) is 2.63. The molecule has 2 rings (SSSR count). The summed E-state index contributed by atoms with van der Waals surface area (Å²) in [4.78, 5) is 13.2. The molecule has 0 saturated carbocycles. The lowest BCUT2D eigenvalue weighted by Crippen LogP contribution is -2.04. The van der Waals surface area contributed by atoms with Gasteiger partial charge in [-0.1, -0.05) is 20.8 Å². The third kappa shape index (κ3) is 1.84. The van der Waals surface area contributed by atoms with Crippen LogP contribution in [0.2, 0.25) is 0 Å². The van der Waals surface area contributed by atoms with Crippen LogP contribution < -0.4 is 0 Å². The van der Waals surface area contributed by atoms with Gasteiger partial charge in [0.2, 0.25) is 0 Å². The molecular weight excluding hydrogens is 188 g/mol. The largest absolute Gasteiger partial charge is 0.315 e. The highest BCUT2D eigenvalue weighted by molar-refractivity contribution is 5.50. The molecule has 0 atom stereocenters. The quantitative estimate of drug-likeness (QED) is 0.770. The molecule has 0 amide bonds. The Morgan fingerprint density at radius 3 is 2.80 bits per heavy atom. The van der Waals surface area contributed by atoms with E-state index in [2.05, 4.69) is 40.3 Å². The van der Waals surface area contributed by atoms with E-state index in [1.54, 1.807) is 6.20 Å². The standard InChI is InChI=1S/C11H16N4/c1-4-5-15-7-12-6-9-11(15)14-10(13-9)8(2)3/h6-8H,4-5H2,1-3H3. The Hall–Kier alpha value is -1.45. The van der Waals surface area contributed by atoms with Gasteiger partial charge in [0.15, 0.2) is 5.82 Å². The molecule has 0 aliphatic carbocycles. The van der Waals surface area contributed by atoms with E-state index in [9.17, 15) is 0 Å². The summed E-state index contributed by atoms with van der Waals surface area (Å²) in [7, 11) is 0. The molecule has 2 aliphatic heterocycles. The number of aromatic nitrogens is 4. The predicted octanol–water partition coefficient (Wildman–Crippen LogP) is 2.31. The molecule has 0 fully saturated rings. The topological polar surface area (TPSA) is 43.6 Å². The van der Waals surface area contributed by atoms with Gasteiger partial charge < -0.3 is 4.57 Å². The Balaban J connectivity index is 2.48. The van der Waals surface area contributed by atoms with Crippen LogP contribution in [0, 0.1) is 0 Å². The maximum atomic E-state index is 4.54. The Morgan fingerprint density at radius 2 is 2.13 bits per heavy atom. The molecule has 0 N–H and O–H groups in total. The zero-order chi connectivity index (χ0) is 10.8. The number of fused-ring (bicyclic) bond motifs is 1. The van der Waals surface area contributed by atoms with Crippen molar-refractivity contribution in [2.45, 2.75) is 39.7 Å². The number of aryl methyl sites for hydroxylation is 1. The highest BCUT2D eigenvalue weighted by atomic mass is 15.1. The van der Waals surface area contributed by atoms with E-state index in [-0.39, 0.29) is 0 Å². The molecule has 4 nitrogen and oxygen atoms in total. The van der Waals surface area contributed by atoms with Crippen molar-refractivity contribution in [2.75, 3.05) is 0 Å². The van der Waals surface area contributed by atoms with E-state index < -0.39 is 0 Å². The van der Waals surface area contributed by atoms with E-state index >= 15 is 0 Å². The first-order chi connectivity index (χ1) is 7.22. The number of rotatable bonds is 3. The van der Waals surface area contributed by atoms with Gasteiger partial charge >= 0.3 is 0 Å². The number of imidazole rings is 1. The molecule has 0 saturated heterocycles. The van der Waals surface area contributed by atoms with Crippen LogP contribution in [-0.2, 0) is 6.54 Å². The van der Waals surface area contributed by atoms with Crippen molar-refractivity contribution >= 4 is 0 Å². The molecule has 15 heavy (non-hydrogen) atoms. The van der Waals surface area contributed by atoms with E-state index in [0.717, 1.165) is 30.3 Å². The van der Waals surface area contributed by atoms with Crippen molar-refractivity contribution in [1.82, 2.24) is 19.5 Å². The Kier molecular flexibility index (Phi) is 2.66. The summed E-state index contributed by atoms with van der Waals surface area (Å²) in [6.07, 6.45) is 4.68. The molecule has 0 radical (unpaired) electrons. The number of hydrogen-bond donors (Lipinski definition) is 0. The second-order valence-electron chi connectivity index (χ2n) is 4.03. The normalized spacial score (nSPS) is 11.5. The molecule has 0 spiro atoms. The number of hydrogen-bond acceptors (Lipinski definition) is 3. The maximum absolute atomic E-state index is 4.54. The summed E-state index contributed by atoms with van der Waals surface area (Å²) < 4.78 is 2.06. The van der Waals surface area contributed by atoms with Gasteiger partial charge in [0, 0.05) is 12.5 Å². The lowest BCUT2D eigenvalue weighted by molar-refractivity contribution is 0.657. The van der Waals surface area contributed by atoms with Crippen LogP contribution in [0.15, 0.2) is 12.5 Å². The zero-order valence-corrected chi connectivity index (χ0v) is 9.44. The van der Waals surface area contributed by atoms with Crippen LogP contribution in [0.1, 0.15) is 38.9 Å². The Labute approximate surface area is 89.7 Å². The summed E-state index contributed by atoms with van der Waals surface area (Å²) in [6, 6.07) is 0. The summed E-state index contributed by atoms with van der Waals surface area (Å²) in [6.45, 7) is 7.30. The second kappa shape index (κ2) is 3.96. The highest BCUT2D eigenvalue weighted by Crippen LogP contribution is 2.21. The number of nitrogens with zero attached hydrogens (tertiary/aromatic N) is 4. The van der Waals surface area contributed by atoms with Crippen LogP contribution >= 0.6 is 0 Å². The van der Waals surface area contributed by atoms with E-state index in [1.165, 1.54) is 0 Å². The maximum Gasteiger partial charge on any atom is 0.163 e. The zero-order valence-electron chi connectivity index (χ0n) is 9.44. The van der Waals surface area contributed by atoms with Crippen molar-refractivity contribution in [1.29, 1.82) is 0 Å². The minimum Gasteiger partial charge on any atom is -0.315 e.